The van der Waals surface area contributed by atoms with E-state index in [4.69, 9.17) is 4.74 Å². The molecule has 8 heteroatoms. The van der Waals surface area contributed by atoms with E-state index in [0.717, 1.165) is 21.5 Å². The number of halogens is 1. The third-order valence-electron chi connectivity index (χ3n) is 3.93. The molecule has 0 saturated heterocycles. The fraction of sp³-hybridized carbons (Fsp3) is 0.211. The van der Waals surface area contributed by atoms with E-state index in [9.17, 15) is 4.79 Å². The van der Waals surface area contributed by atoms with E-state index in [1.807, 2.05) is 67.1 Å². The maximum atomic E-state index is 12.5. The van der Waals surface area contributed by atoms with E-state index in [1.165, 1.54) is 11.8 Å². The number of thioether (sulfide) groups is 1. The number of amides is 1. The van der Waals surface area contributed by atoms with Crippen LogP contribution < -0.4 is 10.1 Å². The molecule has 1 heterocycles. The molecule has 6 nitrogen and oxygen atoms in total. The summed E-state index contributed by atoms with van der Waals surface area (Å²) in [6.07, 6.45) is 0. The van der Waals surface area contributed by atoms with E-state index in [2.05, 4.69) is 31.4 Å². The summed E-state index contributed by atoms with van der Waals surface area (Å²) in [5, 5.41) is 11.8. The summed E-state index contributed by atoms with van der Waals surface area (Å²) in [7, 11) is 3.50. The van der Waals surface area contributed by atoms with Gasteiger partial charge in [0, 0.05) is 17.2 Å². The minimum absolute atomic E-state index is 0.0973. The quantitative estimate of drug-likeness (QED) is 0.569. The SMILES string of the molecule is COc1ccccc1-c1nnc(SC(C)C(=O)Nc2cccc(Br)c2)n1C. The third kappa shape index (κ3) is 4.51. The molecule has 2 aromatic carbocycles. The summed E-state index contributed by atoms with van der Waals surface area (Å²) in [4.78, 5) is 12.5. The van der Waals surface area contributed by atoms with Gasteiger partial charge in [0.2, 0.25) is 5.91 Å². The Balaban J connectivity index is 1.74. The number of carbonyl (C=O) groups is 1. The highest BCUT2D eigenvalue weighted by atomic mass is 79.9. The Bertz CT molecular complexity index is 960. The van der Waals surface area contributed by atoms with Crippen molar-refractivity contribution in [1.29, 1.82) is 0 Å². The highest BCUT2D eigenvalue weighted by molar-refractivity contribution is 9.10. The summed E-state index contributed by atoms with van der Waals surface area (Å²) >= 11 is 4.76. The number of ether oxygens (including phenoxy) is 1. The van der Waals surface area contributed by atoms with Gasteiger partial charge in [-0.2, -0.15) is 0 Å². The Morgan fingerprint density at radius 2 is 2.00 bits per heavy atom. The normalized spacial score (nSPS) is 11.9. The molecular formula is C19H19BrN4O2S. The summed E-state index contributed by atoms with van der Waals surface area (Å²) in [5.74, 6) is 1.32. The van der Waals surface area contributed by atoms with Crippen LogP contribution in [0.4, 0.5) is 5.69 Å². The van der Waals surface area contributed by atoms with Crippen molar-refractivity contribution >= 4 is 39.3 Å². The zero-order valence-electron chi connectivity index (χ0n) is 15.1. The van der Waals surface area contributed by atoms with Crippen LogP contribution in [-0.2, 0) is 11.8 Å². The topological polar surface area (TPSA) is 69.0 Å². The average molecular weight is 447 g/mol. The van der Waals surface area contributed by atoms with Crippen molar-refractivity contribution in [1.82, 2.24) is 14.8 Å². The lowest BCUT2D eigenvalue weighted by Gasteiger charge is -2.12. The van der Waals surface area contributed by atoms with Crippen molar-refractivity contribution in [3.8, 4) is 17.1 Å². The molecule has 1 unspecified atom stereocenters. The number of para-hydroxylation sites is 1. The van der Waals surface area contributed by atoms with Crippen molar-refractivity contribution in [2.24, 2.45) is 7.05 Å². The average Bonchev–Trinajstić information content (AvgIpc) is 3.02. The van der Waals surface area contributed by atoms with E-state index < -0.39 is 0 Å². The highest BCUT2D eigenvalue weighted by Crippen LogP contribution is 2.31. The Morgan fingerprint density at radius 3 is 2.74 bits per heavy atom. The predicted molar refractivity (Wildman–Crippen MR) is 111 cm³/mol. The standard InChI is InChI=1S/C19H19BrN4O2S/c1-12(18(25)21-14-8-6-7-13(20)11-14)27-19-23-22-17(24(19)2)15-9-4-5-10-16(15)26-3/h4-12H,1-3H3,(H,21,25). The largest absolute Gasteiger partial charge is 0.496 e. The molecule has 0 bridgehead atoms. The van der Waals surface area contributed by atoms with Crippen LogP contribution in [0.5, 0.6) is 5.75 Å². The molecule has 0 radical (unpaired) electrons. The highest BCUT2D eigenvalue weighted by Gasteiger charge is 2.20. The minimum atomic E-state index is -0.336. The third-order valence-corrected chi connectivity index (χ3v) is 5.55. The van der Waals surface area contributed by atoms with Gasteiger partial charge in [0.1, 0.15) is 5.75 Å². The summed E-state index contributed by atoms with van der Waals surface area (Å²) in [6, 6.07) is 15.1. The Hall–Kier alpha value is -2.32. The number of hydrogen-bond donors (Lipinski definition) is 1. The monoisotopic (exact) mass is 446 g/mol. The number of aromatic nitrogens is 3. The predicted octanol–water partition coefficient (Wildman–Crippen LogP) is 4.37. The molecule has 0 spiro atoms. The van der Waals surface area contributed by atoms with Gasteiger partial charge in [0.15, 0.2) is 11.0 Å². The van der Waals surface area contributed by atoms with Crippen molar-refractivity contribution < 1.29 is 9.53 Å². The molecule has 0 aliphatic carbocycles. The maximum Gasteiger partial charge on any atom is 0.237 e. The van der Waals surface area contributed by atoms with Crippen molar-refractivity contribution in [3.05, 3.63) is 53.0 Å². The second kappa shape index (κ2) is 8.58. The Morgan fingerprint density at radius 1 is 1.22 bits per heavy atom. The Kier molecular flexibility index (Phi) is 6.18. The van der Waals surface area contributed by atoms with E-state index in [0.29, 0.717) is 11.0 Å². The summed E-state index contributed by atoms with van der Waals surface area (Å²) in [5.41, 5.74) is 1.60. The first-order chi connectivity index (χ1) is 13.0. The number of methoxy groups -OCH3 is 1. The molecule has 3 aromatic rings. The summed E-state index contributed by atoms with van der Waals surface area (Å²) in [6.45, 7) is 1.84. The van der Waals surface area contributed by atoms with Gasteiger partial charge in [-0.15, -0.1) is 10.2 Å². The van der Waals surface area contributed by atoms with Crippen LogP contribution in [0.1, 0.15) is 6.92 Å². The molecule has 0 aliphatic heterocycles. The lowest BCUT2D eigenvalue weighted by atomic mass is 10.2. The number of anilines is 1. The molecule has 140 valence electrons. The molecular weight excluding hydrogens is 428 g/mol. The second-order valence-electron chi connectivity index (χ2n) is 5.83. The van der Waals surface area contributed by atoms with Crippen molar-refractivity contribution in [2.45, 2.75) is 17.3 Å². The number of carbonyl (C=O) groups excluding carboxylic acids is 1. The molecule has 0 aliphatic rings. The van der Waals surface area contributed by atoms with Crippen LogP contribution in [0.25, 0.3) is 11.4 Å². The first kappa shape index (κ1) is 19.4. The number of benzene rings is 2. The van der Waals surface area contributed by atoms with Crippen molar-refractivity contribution in [3.63, 3.8) is 0 Å². The lowest BCUT2D eigenvalue weighted by Crippen LogP contribution is -2.22. The van der Waals surface area contributed by atoms with Gasteiger partial charge >= 0.3 is 0 Å². The number of rotatable bonds is 6. The second-order valence-corrected chi connectivity index (χ2v) is 8.05. The van der Waals surface area contributed by atoms with Crippen molar-refractivity contribution in [2.75, 3.05) is 12.4 Å². The van der Waals surface area contributed by atoms with E-state index in [1.54, 1.807) is 7.11 Å². The zero-order valence-corrected chi connectivity index (χ0v) is 17.5. The molecule has 0 saturated carbocycles. The number of nitrogens with one attached hydrogen (secondary N) is 1. The molecule has 0 fully saturated rings. The van der Waals surface area contributed by atoms with Crippen LogP contribution in [0.15, 0.2) is 58.2 Å². The number of nitrogens with zero attached hydrogens (tertiary/aromatic N) is 3. The van der Waals surface area contributed by atoms with Gasteiger partial charge in [0.25, 0.3) is 0 Å². The van der Waals surface area contributed by atoms with Crippen LogP contribution in [0, 0.1) is 0 Å². The van der Waals surface area contributed by atoms with Crippen LogP contribution in [0.3, 0.4) is 0 Å². The van der Waals surface area contributed by atoms with Gasteiger partial charge in [-0.25, -0.2) is 0 Å². The Labute approximate surface area is 170 Å². The van der Waals surface area contributed by atoms with Gasteiger partial charge in [-0.05, 0) is 37.3 Å². The maximum absolute atomic E-state index is 12.5. The molecule has 1 atom stereocenters. The molecule has 1 N–H and O–H groups in total. The minimum Gasteiger partial charge on any atom is -0.496 e. The first-order valence-electron chi connectivity index (χ1n) is 8.25. The van der Waals surface area contributed by atoms with Gasteiger partial charge in [0.05, 0.1) is 17.9 Å². The molecule has 27 heavy (non-hydrogen) atoms. The number of hydrogen-bond acceptors (Lipinski definition) is 5. The molecule has 1 amide bonds. The fourth-order valence-electron chi connectivity index (χ4n) is 2.50. The lowest BCUT2D eigenvalue weighted by molar-refractivity contribution is -0.115. The van der Waals surface area contributed by atoms with Gasteiger partial charge in [-0.1, -0.05) is 45.9 Å². The first-order valence-corrected chi connectivity index (χ1v) is 9.92. The van der Waals surface area contributed by atoms with Gasteiger partial charge in [-0.3, -0.25) is 4.79 Å². The van der Waals surface area contributed by atoms with Gasteiger partial charge < -0.3 is 14.6 Å². The van der Waals surface area contributed by atoms with E-state index in [-0.39, 0.29) is 11.2 Å². The smallest absolute Gasteiger partial charge is 0.237 e. The zero-order chi connectivity index (χ0) is 19.4. The van der Waals surface area contributed by atoms with E-state index >= 15 is 0 Å². The van der Waals surface area contributed by atoms with Crippen LogP contribution in [-0.4, -0.2) is 33.0 Å². The fourth-order valence-corrected chi connectivity index (χ4v) is 3.72. The molecule has 3 rings (SSSR count). The van der Waals surface area contributed by atoms with Crippen LogP contribution >= 0.6 is 27.7 Å². The van der Waals surface area contributed by atoms with Crippen LogP contribution in [0.2, 0.25) is 0 Å². The molecule has 1 aromatic heterocycles. The summed E-state index contributed by atoms with van der Waals surface area (Å²) < 4.78 is 8.18.